The quantitative estimate of drug-likeness (QED) is 0.873. The molecule has 0 saturated heterocycles. The smallest absolute Gasteiger partial charge is 0.0216 e. The van der Waals surface area contributed by atoms with Gasteiger partial charge in [0.1, 0.15) is 0 Å². The first-order chi connectivity index (χ1) is 7.54. The molecule has 3 N–H and O–H groups in total. The Kier molecular flexibility index (Phi) is 5.46. The Balaban J connectivity index is 2.57. The Bertz CT molecular complexity index is 337. The molecule has 0 heterocycles. The number of rotatable bonds is 5. The van der Waals surface area contributed by atoms with E-state index in [0.717, 1.165) is 11.0 Å². The van der Waals surface area contributed by atoms with Crippen molar-refractivity contribution in [3.8, 4) is 0 Å². The maximum atomic E-state index is 5.72. The van der Waals surface area contributed by atoms with Crippen molar-refractivity contribution in [1.82, 2.24) is 5.32 Å². The summed E-state index contributed by atoms with van der Waals surface area (Å²) in [5.74, 6) is 0.571. The highest BCUT2D eigenvalue weighted by atomic mass is 79.9. The molecule has 0 aliphatic carbocycles. The fourth-order valence-electron chi connectivity index (χ4n) is 1.66. The van der Waals surface area contributed by atoms with Crippen molar-refractivity contribution >= 4 is 15.9 Å². The van der Waals surface area contributed by atoms with Crippen LogP contribution in [0.4, 0.5) is 0 Å². The second-order valence-electron chi connectivity index (χ2n) is 4.55. The molecule has 0 aromatic heterocycles. The van der Waals surface area contributed by atoms with Gasteiger partial charge in [-0.25, -0.2) is 0 Å². The number of aryl methyl sites for hydroxylation is 1. The highest BCUT2D eigenvalue weighted by molar-refractivity contribution is 9.10. The maximum absolute atomic E-state index is 5.72. The van der Waals surface area contributed by atoms with E-state index < -0.39 is 0 Å². The van der Waals surface area contributed by atoms with Crippen molar-refractivity contribution in [2.45, 2.75) is 33.4 Å². The van der Waals surface area contributed by atoms with Gasteiger partial charge in [-0.3, -0.25) is 0 Å². The summed E-state index contributed by atoms with van der Waals surface area (Å²) < 4.78 is 1.16. The fourth-order valence-corrected chi connectivity index (χ4v) is 1.90. The second kappa shape index (κ2) is 6.38. The molecule has 1 aromatic carbocycles. The van der Waals surface area contributed by atoms with Gasteiger partial charge in [-0.05, 0) is 30.0 Å². The zero-order chi connectivity index (χ0) is 12.1. The molecule has 0 fully saturated rings. The highest BCUT2D eigenvalue weighted by Crippen LogP contribution is 2.17. The van der Waals surface area contributed by atoms with Gasteiger partial charge in [0.25, 0.3) is 0 Å². The van der Waals surface area contributed by atoms with Crippen LogP contribution >= 0.6 is 15.9 Å². The van der Waals surface area contributed by atoms with Gasteiger partial charge < -0.3 is 11.1 Å². The molecule has 0 amide bonds. The standard InChI is InChI=1S/C13H21BrN2/c1-9(2)13(7-15)16-8-11-4-5-12(14)10(3)6-11/h4-6,9,13,16H,7-8,15H2,1-3H3. The molecule has 16 heavy (non-hydrogen) atoms. The molecular formula is C13H21BrN2. The first kappa shape index (κ1) is 13.7. The molecule has 1 aromatic rings. The minimum atomic E-state index is 0.393. The average molecular weight is 285 g/mol. The average Bonchev–Trinajstić information content (AvgIpc) is 2.23. The molecule has 90 valence electrons. The van der Waals surface area contributed by atoms with Gasteiger partial charge >= 0.3 is 0 Å². The van der Waals surface area contributed by atoms with Crippen LogP contribution in [0.1, 0.15) is 25.0 Å². The van der Waals surface area contributed by atoms with Crippen molar-refractivity contribution in [2.75, 3.05) is 6.54 Å². The van der Waals surface area contributed by atoms with E-state index in [0.29, 0.717) is 18.5 Å². The van der Waals surface area contributed by atoms with E-state index in [2.05, 4.69) is 60.2 Å². The first-order valence-corrected chi connectivity index (χ1v) is 6.52. The van der Waals surface area contributed by atoms with E-state index in [4.69, 9.17) is 5.73 Å². The first-order valence-electron chi connectivity index (χ1n) is 5.73. The monoisotopic (exact) mass is 284 g/mol. The summed E-state index contributed by atoms with van der Waals surface area (Å²) in [5.41, 5.74) is 8.30. The zero-order valence-electron chi connectivity index (χ0n) is 10.3. The van der Waals surface area contributed by atoms with Crippen LogP contribution in [0.5, 0.6) is 0 Å². The summed E-state index contributed by atoms with van der Waals surface area (Å²) in [4.78, 5) is 0. The van der Waals surface area contributed by atoms with Crippen LogP contribution in [0.15, 0.2) is 22.7 Å². The zero-order valence-corrected chi connectivity index (χ0v) is 11.8. The third-order valence-corrected chi connectivity index (χ3v) is 3.74. The summed E-state index contributed by atoms with van der Waals surface area (Å²) >= 11 is 3.51. The van der Waals surface area contributed by atoms with Crippen LogP contribution in [0, 0.1) is 12.8 Å². The van der Waals surface area contributed by atoms with Crippen LogP contribution in [-0.4, -0.2) is 12.6 Å². The number of hydrogen-bond donors (Lipinski definition) is 2. The largest absolute Gasteiger partial charge is 0.329 e. The third-order valence-electron chi connectivity index (χ3n) is 2.85. The maximum Gasteiger partial charge on any atom is 0.0216 e. The van der Waals surface area contributed by atoms with Crippen molar-refractivity contribution in [3.63, 3.8) is 0 Å². The summed E-state index contributed by atoms with van der Waals surface area (Å²) in [5, 5.41) is 3.49. The van der Waals surface area contributed by atoms with Crippen molar-refractivity contribution < 1.29 is 0 Å². The van der Waals surface area contributed by atoms with Crippen molar-refractivity contribution in [3.05, 3.63) is 33.8 Å². The summed E-state index contributed by atoms with van der Waals surface area (Å²) in [7, 11) is 0. The van der Waals surface area contributed by atoms with Gasteiger partial charge in [0.2, 0.25) is 0 Å². The van der Waals surface area contributed by atoms with E-state index in [1.54, 1.807) is 0 Å². The molecule has 1 unspecified atom stereocenters. The SMILES string of the molecule is Cc1cc(CNC(CN)C(C)C)ccc1Br. The van der Waals surface area contributed by atoms with E-state index in [1.807, 2.05) is 0 Å². The number of hydrogen-bond acceptors (Lipinski definition) is 2. The molecule has 0 radical (unpaired) electrons. The normalized spacial score (nSPS) is 13.1. The lowest BCUT2D eigenvalue weighted by Crippen LogP contribution is -2.39. The Morgan fingerprint density at radius 1 is 1.38 bits per heavy atom. The van der Waals surface area contributed by atoms with E-state index in [1.165, 1.54) is 11.1 Å². The molecule has 1 atom stereocenters. The second-order valence-corrected chi connectivity index (χ2v) is 5.40. The predicted molar refractivity (Wildman–Crippen MR) is 73.4 cm³/mol. The Hall–Kier alpha value is -0.380. The van der Waals surface area contributed by atoms with Gasteiger partial charge in [0.05, 0.1) is 0 Å². The molecule has 0 aliphatic heterocycles. The lowest BCUT2D eigenvalue weighted by Gasteiger charge is -2.20. The van der Waals surface area contributed by atoms with Gasteiger partial charge in [-0.15, -0.1) is 0 Å². The number of halogens is 1. The fraction of sp³-hybridized carbons (Fsp3) is 0.538. The third kappa shape index (κ3) is 3.89. The molecule has 0 bridgehead atoms. The van der Waals surface area contributed by atoms with Gasteiger partial charge in [-0.1, -0.05) is 41.9 Å². The lowest BCUT2D eigenvalue weighted by molar-refractivity contribution is 0.405. The van der Waals surface area contributed by atoms with Crippen molar-refractivity contribution in [1.29, 1.82) is 0 Å². The molecule has 1 rings (SSSR count). The lowest BCUT2D eigenvalue weighted by atomic mass is 10.0. The topological polar surface area (TPSA) is 38.0 Å². The van der Waals surface area contributed by atoms with E-state index in [-0.39, 0.29) is 0 Å². The van der Waals surface area contributed by atoms with E-state index in [9.17, 15) is 0 Å². The summed E-state index contributed by atoms with van der Waals surface area (Å²) in [6.45, 7) is 8.06. The minimum Gasteiger partial charge on any atom is -0.329 e. The van der Waals surface area contributed by atoms with Gasteiger partial charge in [0.15, 0.2) is 0 Å². The molecule has 0 spiro atoms. The number of benzene rings is 1. The van der Waals surface area contributed by atoms with Gasteiger partial charge in [-0.2, -0.15) is 0 Å². The molecule has 0 saturated carbocycles. The van der Waals surface area contributed by atoms with Crippen LogP contribution < -0.4 is 11.1 Å². The summed E-state index contributed by atoms with van der Waals surface area (Å²) in [6.07, 6.45) is 0. The number of nitrogens with two attached hydrogens (primary N) is 1. The van der Waals surface area contributed by atoms with Crippen LogP contribution in [0.2, 0.25) is 0 Å². The summed E-state index contributed by atoms with van der Waals surface area (Å²) in [6, 6.07) is 6.83. The predicted octanol–water partition coefficient (Wildman–Crippen LogP) is 2.83. The number of nitrogens with one attached hydrogen (secondary N) is 1. The molecule has 3 heteroatoms. The Labute approximate surface area is 107 Å². The van der Waals surface area contributed by atoms with Crippen molar-refractivity contribution in [2.24, 2.45) is 11.7 Å². The van der Waals surface area contributed by atoms with Gasteiger partial charge in [0, 0.05) is 23.6 Å². The Morgan fingerprint density at radius 3 is 2.56 bits per heavy atom. The minimum absolute atomic E-state index is 0.393. The van der Waals surface area contributed by atoms with Crippen LogP contribution in [0.25, 0.3) is 0 Å². The highest BCUT2D eigenvalue weighted by Gasteiger charge is 2.10. The molecule has 2 nitrogen and oxygen atoms in total. The Morgan fingerprint density at radius 2 is 2.06 bits per heavy atom. The van der Waals surface area contributed by atoms with Crippen LogP contribution in [0.3, 0.4) is 0 Å². The van der Waals surface area contributed by atoms with Crippen LogP contribution in [-0.2, 0) is 6.54 Å². The van der Waals surface area contributed by atoms with E-state index >= 15 is 0 Å². The molecule has 0 aliphatic rings. The molecular weight excluding hydrogens is 264 g/mol.